The number of ketones is 2. The summed E-state index contributed by atoms with van der Waals surface area (Å²) in [7, 11) is 0. The fourth-order valence-corrected chi connectivity index (χ4v) is 6.46. The molecule has 2 aliphatic heterocycles. The lowest BCUT2D eigenvalue weighted by Gasteiger charge is -2.45. The molecule has 2 spiro atoms. The van der Waals surface area contributed by atoms with Gasteiger partial charge < -0.3 is 29.2 Å². The van der Waals surface area contributed by atoms with Gasteiger partial charge >= 0.3 is 23.9 Å². The van der Waals surface area contributed by atoms with Gasteiger partial charge in [0.2, 0.25) is 0 Å². The zero-order valence-electron chi connectivity index (χ0n) is 28.3. The first-order chi connectivity index (χ1) is 23.4. The van der Waals surface area contributed by atoms with E-state index in [1.807, 2.05) is 27.7 Å². The van der Waals surface area contributed by atoms with E-state index in [1.54, 1.807) is 0 Å². The van der Waals surface area contributed by atoms with Crippen LogP contribution in [0.3, 0.4) is 0 Å². The van der Waals surface area contributed by atoms with Crippen molar-refractivity contribution in [1.29, 1.82) is 0 Å². The van der Waals surface area contributed by atoms with Gasteiger partial charge in [0, 0.05) is 49.7 Å². The average Bonchev–Trinajstić information content (AvgIpc) is 2.98. The third-order valence-corrected chi connectivity index (χ3v) is 9.02. The third-order valence-electron chi connectivity index (χ3n) is 9.02. The summed E-state index contributed by atoms with van der Waals surface area (Å²) < 4.78 is 22.0. The summed E-state index contributed by atoms with van der Waals surface area (Å²) in [4.78, 5) is 75.7. The zero-order valence-corrected chi connectivity index (χ0v) is 28.3. The minimum Gasteiger partial charge on any atom is -0.875 e. The van der Waals surface area contributed by atoms with Gasteiger partial charge in [-0.1, -0.05) is 76.3 Å². The lowest BCUT2D eigenvalue weighted by Crippen LogP contribution is -2.56. The van der Waals surface area contributed by atoms with Crippen LogP contribution in [0.5, 0.6) is 0 Å². The highest BCUT2D eigenvalue weighted by molar-refractivity contribution is 6.16. The summed E-state index contributed by atoms with van der Waals surface area (Å²) in [5.41, 5.74) is -1.29. The summed E-state index contributed by atoms with van der Waals surface area (Å²) in [6.45, 7) is 7.43. The molecular formula is C38H38O12-2. The van der Waals surface area contributed by atoms with Crippen LogP contribution in [0.15, 0.2) is 94.6 Å². The lowest BCUT2D eigenvalue weighted by molar-refractivity contribution is -0.312. The third kappa shape index (κ3) is 7.96. The van der Waals surface area contributed by atoms with Gasteiger partial charge in [-0.25, -0.2) is 19.2 Å². The molecule has 0 radical (unpaired) electrons. The number of rotatable bonds is 6. The molecule has 0 aromatic heterocycles. The monoisotopic (exact) mass is 686 g/mol. The molecule has 0 atom stereocenters. The molecule has 0 aromatic carbocycles. The Labute approximate surface area is 289 Å². The fraction of sp³-hybridized carbons (Fsp3) is 0.421. The molecule has 12 heteroatoms. The quantitative estimate of drug-likeness (QED) is 0.172. The first kappa shape index (κ1) is 36.0. The molecule has 1 saturated carbocycles. The largest absolute Gasteiger partial charge is 0.875 e. The number of ether oxygens (including phenoxy) is 4. The minimum absolute atomic E-state index is 0.106. The second-order valence-electron chi connectivity index (χ2n) is 14.6. The average molecular weight is 687 g/mol. The predicted octanol–water partition coefficient (Wildman–Crippen LogP) is 3.24. The van der Waals surface area contributed by atoms with Gasteiger partial charge in [-0.3, -0.25) is 9.59 Å². The van der Waals surface area contributed by atoms with E-state index in [4.69, 9.17) is 18.9 Å². The molecule has 3 fully saturated rings. The fourth-order valence-electron chi connectivity index (χ4n) is 6.46. The number of Topliss-reactive ketones (excluding diaryl/α,β-unsaturated/α-hetero) is 2. The summed E-state index contributed by atoms with van der Waals surface area (Å²) >= 11 is 0. The van der Waals surface area contributed by atoms with Crippen molar-refractivity contribution >= 4 is 35.4 Å². The number of hydrogen-bond acceptors (Lipinski definition) is 12. The van der Waals surface area contributed by atoms with E-state index in [-0.39, 0.29) is 108 Å². The highest BCUT2D eigenvalue weighted by atomic mass is 16.8. The van der Waals surface area contributed by atoms with E-state index in [1.165, 1.54) is 60.8 Å². The predicted molar refractivity (Wildman–Crippen MR) is 171 cm³/mol. The molecule has 3 aliphatic carbocycles. The van der Waals surface area contributed by atoms with Gasteiger partial charge in [0.1, 0.15) is 11.1 Å². The summed E-state index contributed by atoms with van der Waals surface area (Å²) in [5, 5.41) is 24.6. The van der Waals surface area contributed by atoms with Crippen molar-refractivity contribution in [3.63, 3.8) is 0 Å². The van der Waals surface area contributed by atoms with E-state index in [0.29, 0.717) is 0 Å². The normalized spacial score (nSPS) is 28.7. The summed E-state index contributed by atoms with van der Waals surface area (Å²) in [5.74, 6) is -7.93. The van der Waals surface area contributed by atoms with Gasteiger partial charge in [-0.05, 0) is 35.8 Å². The van der Waals surface area contributed by atoms with E-state index in [9.17, 15) is 39.0 Å². The van der Waals surface area contributed by atoms with Crippen LogP contribution in [0.25, 0.3) is 0 Å². The second-order valence-corrected chi connectivity index (χ2v) is 14.6. The Hall–Kier alpha value is -5.26. The molecule has 0 N–H and O–H groups in total. The van der Waals surface area contributed by atoms with E-state index < -0.39 is 35.5 Å². The summed E-state index contributed by atoms with van der Waals surface area (Å²) in [6.07, 6.45) is 14.4. The lowest BCUT2D eigenvalue weighted by atomic mass is 9.76. The molecular weight excluding hydrogens is 648 g/mol. The molecule has 5 aliphatic rings. The van der Waals surface area contributed by atoms with E-state index in [0.717, 1.165) is 0 Å². The second kappa shape index (κ2) is 13.6. The van der Waals surface area contributed by atoms with Crippen LogP contribution in [-0.2, 0) is 47.7 Å². The Bertz CT molecular complexity index is 1600. The van der Waals surface area contributed by atoms with Crippen molar-refractivity contribution in [3.05, 3.63) is 94.6 Å². The van der Waals surface area contributed by atoms with Crippen molar-refractivity contribution in [2.75, 3.05) is 0 Å². The Balaban J connectivity index is 1.15. The Morgan fingerprint density at radius 1 is 0.480 bits per heavy atom. The Morgan fingerprint density at radius 2 is 0.800 bits per heavy atom. The van der Waals surface area contributed by atoms with Crippen LogP contribution < -0.4 is 10.2 Å². The van der Waals surface area contributed by atoms with Gasteiger partial charge in [0.05, 0.1) is 0 Å². The van der Waals surface area contributed by atoms with Crippen LogP contribution in [0.1, 0.15) is 79.1 Å². The SMILES string of the molecule is CC1(C)CC(=O)C(C=CC=CC=C2C(=O)OC3(CCC4(CC3)OC(=O)C(=C/C=C/C=C/C3=C([O-])CC(C)(C)CC3=O)C(=O)O4)OC2=O)=C([O-])C1. The van der Waals surface area contributed by atoms with Gasteiger partial charge in [0.15, 0.2) is 11.6 Å². The first-order valence-corrected chi connectivity index (χ1v) is 16.3. The topological polar surface area (TPSA) is 185 Å². The summed E-state index contributed by atoms with van der Waals surface area (Å²) in [6, 6.07) is 0. The molecule has 5 rings (SSSR count). The molecule has 50 heavy (non-hydrogen) atoms. The van der Waals surface area contributed by atoms with Crippen LogP contribution in [0.4, 0.5) is 0 Å². The highest BCUT2D eigenvalue weighted by Gasteiger charge is 2.56. The smallest absolute Gasteiger partial charge is 0.348 e. The molecule has 0 amide bonds. The molecule has 0 bridgehead atoms. The maximum atomic E-state index is 12.8. The van der Waals surface area contributed by atoms with Crippen molar-refractivity contribution in [3.8, 4) is 0 Å². The van der Waals surface area contributed by atoms with Crippen molar-refractivity contribution < 1.29 is 57.9 Å². The van der Waals surface area contributed by atoms with Crippen LogP contribution in [0, 0.1) is 10.8 Å². The van der Waals surface area contributed by atoms with Gasteiger partial charge in [-0.15, -0.1) is 11.5 Å². The number of allylic oxidation sites excluding steroid dienone is 14. The number of carbonyl (C=O) groups excluding carboxylic acids is 6. The van der Waals surface area contributed by atoms with Crippen molar-refractivity contribution in [1.82, 2.24) is 0 Å². The molecule has 2 heterocycles. The van der Waals surface area contributed by atoms with Gasteiger partial charge in [0.25, 0.3) is 11.6 Å². The maximum absolute atomic E-state index is 12.8. The number of esters is 4. The van der Waals surface area contributed by atoms with Gasteiger partial charge in [-0.2, -0.15) is 0 Å². The highest BCUT2D eigenvalue weighted by Crippen LogP contribution is 2.45. The molecule has 2 saturated heterocycles. The Morgan fingerprint density at radius 3 is 1.10 bits per heavy atom. The molecule has 0 unspecified atom stereocenters. The van der Waals surface area contributed by atoms with Crippen LogP contribution in [-0.4, -0.2) is 47.0 Å². The van der Waals surface area contributed by atoms with Crippen LogP contribution >= 0.6 is 0 Å². The zero-order chi connectivity index (χ0) is 36.5. The molecule has 12 nitrogen and oxygen atoms in total. The van der Waals surface area contributed by atoms with Crippen LogP contribution in [0.2, 0.25) is 0 Å². The number of carbonyl (C=O) groups is 6. The van der Waals surface area contributed by atoms with Crippen molar-refractivity contribution in [2.24, 2.45) is 10.8 Å². The maximum Gasteiger partial charge on any atom is 0.348 e. The molecule has 264 valence electrons. The van der Waals surface area contributed by atoms with E-state index in [2.05, 4.69) is 0 Å². The Kier molecular flexibility index (Phi) is 9.78. The number of hydrogen-bond donors (Lipinski definition) is 0. The first-order valence-electron chi connectivity index (χ1n) is 16.3. The standard InChI is InChI=1S/C38H40O12/c1-35(2)19-27(39)23(28(40)20-35)11-7-5-9-13-25-31(43)47-37(48-32(25)44)15-17-38(18-16-37)49-33(45)26(34(46)50-38)14-10-6-8-12-24-29(41)21-36(3,4)22-30(24)42/h5-14,39,41H,15-22H2,1-4H3/p-2/b9-5+,10-6?,11-7+,12-8?,25-13?,26-14?. The van der Waals surface area contributed by atoms with Crippen molar-refractivity contribution in [2.45, 2.75) is 90.6 Å². The van der Waals surface area contributed by atoms with E-state index >= 15 is 0 Å². The minimum atomic E-state index is -1.63. The molecule has 0 aromatic rings.